The van der Waals surface area contributed by atoms with E-state index in [0.29, 0.717) is 18.5 Å². The van der Waals surface area contributed by atoms with E-state index < -0.39 is 23.6 Å². The van der Waals surface area contributed by atoms with Crippen molar-refractivity contribution in [3.05, 3.63) is 35.4 Å². The number of piperidine rings is 1. The fourth-order valence-electron chi connectivity index (χ4n) is 3.37. The highest BCUT2D eigenvalue weighted by molar-refractivity contribution is 5.70. The molecule has 0 saturated carbocycles. The largest absolute Gasteiger partial charge is 0.481 e. The van der Waals surface area contributed by atoms with E-state index >= 15 is 0 Å². The van der Waals surface area contributed by atoms with Crippen molar-refractivity contribution in [2.24, 2.45) is 5.92 Å². The van der Waals surface area contributed by atoms with Gasteiger partial charge in [-0.3, -0.25) is 9.69 Å². The third kappa shape index (κ3) is 4.72. The van der Waals surface area contributed by atoms with E-state index in [2.05, 4.69) is 0 Å². The van der Waals surface area contributed by atoms with Gasteiger partial charge in [-0.05, 0) is 43.5 Å². The van der Waals surface area contributed by atoms with Crippen LogP contribution in [0, 0.1) is 5.92 Å². The lowest BCUT2D eigenvalue weighted by atomic mass is 9.92. The van der Waals surface area contributed by atoms with Crippen LogP contribution in [-0.4, -0.2) is 29.1 Å². The Morgan fingerprint density at radius 2 is 2.17 bits per heavy atom. The van der Waals surface area contributed by atoms with E-state index in [1.54, 1.807) is 6.07 Å². The van der Waals surface area contributed by atoms with Crippen molar-refractivity contribution in [2.75, 3.05) is 13.1 Å². The van der Waals surface area contributed by atoms with Gasteiger partial charge in [-0.2, -0.15) is 13.2 Å². The molecular weight excluding hydrogens is 319 g/mol. The van der Waals surface area contributed by atoms with E-state index in [9.17, 15) is 23.1 Å². The molecule has 1 aromatic rings. The van der Waals surface area contributed by atoms with E-state index in [0.717, 1.165) is 38.3 Å². The van der Waals surface area contributed by atoms with Gasteiger partial charge in [0.1, 0.15) is 0 Å². The number of alkyl halides is 3. The summed E-state index contributed by atoms with van der Waals surface area (Å²) in [4.78, 5) is 13.3. The summed E-state index contributed by atoms with van der Waals surface area (Å²) in [6, 6.07) is 5.30. The molecule has 0 aromatic heterocycles. The first-order valence-electron chi connectivity index (χ1n) is 8.47. The minimum atomic E-state index is -4.36. The highest BCUT2D eigenvalue weighted by atomic mass is 19.4. The average Bonchev–Trinajstić information content (AvgIpc) is 2.55. The lowest BCUT2D eigenvalue weighted by Crippen LogP contribution is -2.41. The molecule has 2 rings (SSSR count). The van der Waals surface area contributed by atoms with Crippen molar-refractivity contribution in [1.29, 1.82) is 0 Å². The third-order valence-electron chi connectivity index (χ3n) is 4.67. The lowest BCUT2D eigenvalue weighted by Gasteiger charge is -2.37. The van der Waals surface area contributed by atoms with E-state index in [-0.39, 0.29) is 6.04 Å². The zero-order chi connectivity index (χ0) is 17.7. The normalized spacial score (nSPS) is 20.8. The summed E-state index contributed by atoms with van der Waals surface area (Å²) in [5.41, 5.74) is -0.0161. The van der Waals surface area contributed by atoms with Gasteiger partial charge >= 0.3 is 12.1 Å². The zero-order valence-corrected chi connectivity index (χ0v) is 13.9. The number of likely N-dealkylation sites (tertiary alicyclic amines) is 1. The molecular formula is C18H24F3NO2. The number of halogens is 3. The van der Waals surface area contributed by atoms with E-state index in [4.69, 9.17) is 0 Å². The van der Waals surface area contributed by atoms with E-state index in [1.165, 1.54) is 12.1 Å². The molecule has 134 valence electrons. The molecule has 0 amide bonds. The molecule has 1 heterocycles. The quantitative estimate of drug-likeness (QED) is 0.811. The molecule has 1 saturated heterocycles. The first kappa shape index (κ1) is 18.8. The van der Waals surface area contributed by atoms with Crippen LogP contribution in [0.3, 0.4) is 0 Å². The summed E-state index contributed by atoms with van der Waals surface area (Å²) in [6.45, 7) is 3.17. The van der Waals surface area contributed by atoms with E-state index in [1.807, 2.05) is 11.8 Å². The van der Waals surface area contributed by atoms with Crippen LogP contribution in [0.2, 0.25) is 0 Å². The minimum Gasteiger partial charge on any atom is -0.481 e. The van der Waals surface area contributed by atoms with Gasteiger partial charge in [0.05, 0.1) is 11.5 Å². The summed E-state index contributed by atoms with van der Waals surface area (Å²) in [6.07, 6.45) is -0.380. The van der Waals surface area contributed by atoms with Gasteiger partial charge in [-0.15, -0.1) is 0 Å². The summed E-state index contributed by atoms with van der Waals surface area (Å²) in [7, 11) is 0. The third-order valence-corrected chi connectivity index (χ3v) is 4.67. The molecule has 0 bridgehead atoms. The number of aliphatic carboxylic acids is 1. The molecule has 0 aliphatic carbocycles. The zero-order valence-electron chi connectivity index (χ0n) is 13.9. The number of carboxylic acids is 1. The predicted molar refractivity (Wildman–Crippen MR) is 85.6 cm³/mol. The molecule has 2 unspecified atom stereocenters. The Bertz CT molecular complexity index is 559. The topological polar surface area (TPSA) is 40.5 Å². The van der Waals surface area contributed by atoms with Gasteiger partial charge in [-0.25, -0.2) is 0 Å². The summed E-state index contributed by atoms with van der Waals surface area (Å²) >= 11 is 0. The number of carboxylic acid groups (broad SMARTS) is 1. The maximum atomic E-state index is 13.0. The standard InChI is InChI=1S/C18H24F3NO2/c1-2-3-9-16(22-10-5-7-14(12-22)17(23)24)13-6-4-8-15(11-13)18(19,20)21/h4,6,8,11,14,16H,2-3,5,7,9-10,12H2,1H3,(H,23,24). The first-order valence-corrected chi connectivity index (χ1v) is 8.47. The Hall–Kier alpha value is -1.56. The highest BCUT2D eigenvalue weighted by Crippen LogP contribution is 2.35. The highest BCUT2D eigenvalue weighted by Gasteiger charge is 2.33. The second-order valence-electron chi connectivity index (χ2n) is 6.45. The molecule has 1 aliphatic rings. The Labute approximate surface area is 140 Å². The Morgan fingerprint density at radius 3 is 2.79 bits per heavy atom. The molecule has 1 aliphatic heterocycles. The molecule has 2 atom stereocenters. The van der Waals surface area contributed by atoms with Crippen LogP contribution in [0.4, 0.5) is 13.2 Å². The van der Waals surface area contributed by atoms with Crippen molar-refractivity contribution in [1.82, 2.24) is 4.90 Å². The maximum absolute atomic E-state index is 13.0. The second kappa shape index (κ2) is 8.01. The average molecular weight is 343 g/mol. The van der Waals surface area contributed by atoms with Gasteiger partial charge in [-0.1, -0.05) is 31.9 Å². The first-order chi connectivity index (χ1) is 11.3. The summed E-state index contributed by atoms with van der Waals surface area (Å²) in [5.74, 6) is -1.26. The fraction of sp³-hybridized carbons (Fsp3) is 0.611. The smallest absolute Gasteiger partial charge is 0.416 e. The van der Waals surface area contributed by atoms with Gasteiger partial charge in [0, 0.05) is 12.6 Å². The Kier molecular flexibility index (Phi) is 6.27. The summed E-state index contributed by atoms with van der Waals surface area (Å²) in [5, 5.41) is 9.26. The van der Waals surface area contributed by atoms with Crippen LogP contribution in [0.25, 0.3) is 0 Å². The van der Waals surface area contributed by atoms with Gasteiger partial charge in [0.2, 0.25) is 0 Å². The molecule has 3 nitrogen and oxygen atoms in total. The Morgan fingerprint density at radius 1 is 1.42 bits per heavy atom. The van der Waals surface area contributed by atoms with Crippen LogP contribution >= 0.6 is 0 Å². The van der Waals surface area contributed by atoms with Crippen molar-refractivity contribution in [3.63, 3.8) is 0 Å². The van der Waals surface area contributed by atoms with Gasteiger partial charge in [0.25, 0.3) is 0 Å². The molecule has 1 aromatic carbocycles. The number of rotatable bonds is 6. The lowest BCUT2D eigenvalue weighted by molar-refractivity contribution is -0.144. The minimum absolute atomic E-state index is 0.158. The Balaban J connectivity index is 2.26. The molecule has 6 heteroatoms. The van der Waals surface area contributed by atoms with Crippen molar-refractivity contribution < 1.29 is 23.1 Å². The van der Waals surface area contributed by atoms with Crippen LogP contribution in [0.15, 0.2) is 24.3 Å². The summed E-state index contributed by atoms with van der Waals surface area (Å²) < 4.78 is 39.0. The molecule has 0 radical (unpaired) electrons. The van der Waals surface area contributed by atoms with Gasteiger partial charge in [0.15, 0.2) is 0 Å². The number of hydrogen-bond acceptors (Lipinski definition) is 2. The van der Waals surface area contributed by atoms with Gasteiger partial charge < -0.3 is 5.11 Å². The fourth-order valence-corrected chi connectivity index (χ4v) is 3.37. The number of carbonyl (C=O) groups is 1. The van der Waals surface area contributed by atoms with Crippen LogP contribution in [0.1, 0.15) is 56.2 Å². The number of hydrogen-bond donors (Lipinski definition) is 1. The van der Waals surface area contributed by atoms with Crippen molar-refractivity contribution in [3.8, 4) is 0 Å². The number of benzene rings is 1. The van der Waals surface area contributed by atoms with Crippen molar-refractivity contribution in [2.45, 2.75) is 51.2 Å². The van der Waals surface area contributed by atoms with Crippen LogP contribution in [0.5, 0.6) is 0 Å². The molecule has 24 heavy (non-hydrogen) atoms. The SMILES string of the molecule is CCCCC(c1cccc(C(F)(F)F)c1)N1CCCC(C(=O)O)C1. The van der Waals surface area contributed by atoms with Crippen LogP contribution in [-0.2, 0) is 11.0 Å². The predicted octanol–water partition coefficient (Wildman–Crippen LogP) is 4.73. The second-order valence-corrected chi connectivity index (χ2v) is 6.45. The van der Waals surface area contributed by atoms with Crippen LogP contribution < -0.4 is 0 Å². The molecule has 1 fully saturated rings. The van der Waals surface area contributed by atoms with Crippen molar-refractivity contribution >= 4 is 5.97 Å². The number of unbranched alkanes of at least 4 members (excludes halogenated alkanes) is 1. The maximum Gasteiger partial charge on any atom is 0.416 e. The molecule has 0 spiro atoms. The monoisotopic (exact) mass is 343 g/mol. The number of nitrogens with zero attached hydrogens (tertiary/aromatic N) is 1. The molecule has 1 N–H and O–H groups in total.